The SMILES string of the molecule is COc1cc(C(F)(F)F)c(CC#N)cn1. The minimum Gasteiger partial charge on any atom is -0.481 e. The lowest BCUT2D eigenvalue weighted by atomic mass is 10.1. The first-order valence-electron chi connectivity index (χ1n) is 3.96. The van der Waals surface area contributed by atoms with Crippen LogP contribution in [0.3, 0.4) is 0 Å². The van der Waals surface area contributed by atoms with Crippen LogP contribution < -0.4 is 4.74 Å². The van der Waals surface area contributed by atoms with Crippen molar-refractivity contribution in [3.8, 4) is 11.9 Å². The molecule has 1 aromatic rings. The topological polar surface area (TPSA) is 45.9 Å². The van der Waals surface area contributed by atoms with Crippen molar-refractivity contribution >= 4 is 0 Å². The fourth-order valence-electron chi connectivity index (χ4n) is 1.07. The summed E-state index contributed by atoms with van der Waals surface area (Å²) in [5.74, 6) is -0.121. The van der Waals surface area contributed by atoms with Gasteiger partial charge in [0.05, 0.1) is 25.2 Å². The number of hydrogen-bond acceptors (Lipinski definition) is 3. The summed E-state index contributed by atoms with van der Waals surface area (Å²) in [6, 6.07) is 2.44. The predicted octanol–water partition coefficient (Wildman–Crippen LogP) is 2.18. The molecule has 0 bridgehead atoms. The van der Waals surface area contributed by atoms with Gasteiger partial charge in [0, 0.05) is 12.3 Å². The molecule has 1 rings (SSSR count). The zero-order chi connectivity index (χ0) is 11.5. The van der Waals surface area contributed by atoms with Gasteiger partial charge in [-0.2, -0.15) is 18.4 Å². The van der Waals surface area contributed by atoms with E-state index < -0.39 is 11.7 Å². The third-order valence-corrected chi connectivity index (χ3v) is 1.75. The number of methoxy groups -OCH3 is 1. The lowest BCUT2D eigenvalue weighted by Gasteiger charge is -2.11. The summed E-state index contributed by atoms with van der Waals surface area (Å²) in [4.78, 5) is 3.62. The summed E-state index contributed by atoms with van der Waals surface area (Å²) >= 11 is 0. The molecule has 6 heteroatoms. The molecule has 0 aliphatic carbocycles. The Labute approximate surface area is 84.1 Å². The number of ether oxygens (including phenoxy) is 1. The van der Waals surface area contributed by atoms with Crippen LogP contribution in [0.15, 0.2) is 12.3 Å². The van der Waals surface area contributed by atoms with Crippen molar-refractivity contribution in [3.63, 3.8) is 0 Å². The lowest BCUT2D eigenvalue weighted by molar-refractivity contribution is -0.138. The lowest BCUT2D eigenvalue weighted by Crippen LogP contribution is -2.10. The Morgan fingerprint density at radius 1 is 1.53 bits per heavy atom. The molecule has 0 atom stereocenters. The van der Waals surface area contributed by atoms with Crippen molar-refractivity contribution < 1.29 is 17.9 Å². The second-order valence-electron chi connectivity index (χ2n) is 2.72. The average Bonchev–Trinajstić information content (AvgIpc) is 2.17. The number of aromatic nitrogens is 1. The summed E-state index contributed by atoms with van der Waals surface area (Å²) in [5, 5.41) is 8.36. The minimum atomic E-state index is -4.50. The molecular weight excluding hydrogens is 209 g/mol. The molecule has 3 nitrogen and oxygen atoms in total. The van der Waals surface area contributed by atoms with Crippen molar-refractivity contribution in [1.82, 2.24) is 4.98 Å². The van der Waals surface area contributed by atoms with E-state index in [-0.39, 0.29) is 17.9 Å². The van der Waals surface area contributed by atoms with E-state index in [1.54, 1.807) is 6.07 Å². The summed E-state index contributed by atoms with van der Waals surface area (Å²) < 4.78 is 42.1. The smallest absolute Gasteiger partial charge is 0.416 e. The van der Waals surface area contributed by atoms with Gasteiger partial charge in [-0.25, -0.2) is 4.98 Å². The van der Waals surface area contributed by atoms with E-state index in [2.05, 4.69) is 9.72 Å². The quantitative estimate of drug-likeness (QED) is 0.761. The highest BCUT2D eigenvalue weighted by Crippen LogP contribution is 2.33. The van der Waals surface area contributed by atoms with Crippen LogP contribution in [-0.4, -0.2) is 12.1 Å². The van der Waals surface area contributed by atoms with Gasteiger partial charge in [0.1, 0.15) is 0 Å². The number of pyridine rings is 1. The minimum absolute atomic E-state index is 0.121. The van der Waals surface area contributed by atoms with Crippen molar-refractivity contribution in [2.24, 2.45) is 0 Å². The summed E-state index contributed by atoms with van der Waals surface area (Å²) in [6.45, 7) is 0. The van der Waals surface area contributed by atoms with Gasteiger partial charge in [0.2, 0.25) is 5.88 Å². The van der Waals surface area contributed by atoms with Gasteiger partial charge in [-0.05, 0) is 5.56 Å². The molecule has 0 radical (unpaired) electrons. The van der Waals surface area contributed by atoms with Gasteiger partial charge in [-0.1, -0.05) is 0 Å². The van der Waals surface area contributed by atoms with Gasteiger partial charge >= 0.3 is 6.18 Å². The van der Waals surface area contributed by atoms with Gasteiger partial charge in [0.15, 0.2) is 0 Å². The molecule has 0 aliphatic heterocycles. The summed E-state index contributed by atoms with van der Waals surface area (Å²) in [5.41, 5.74) is -1.03. The number of halogens is 3. The molecule has 0 unspecified atom stereocenters. The zero-order valence-electron chi connectivity index (χ0n) is 7.80. The molecular formula is C9H7F3N2O. The molecule has 0 amide bonds. The maximum Gasteiger partial charge on any atom is 0.416 e. The molecule has 0 aromatic carbocycles. The normalized spacial score (nSPS) is 10.9. The van der Waals surface area contributed by atoms with Crippen LogP contribution in [0, 0.1) is 11.3 Å². The van der Waals surface area contributed by atoms with Crippen molar-refractivity contribution in [2.75, 3.05) is 7.11 Å². The second kappa shape index (κ2) is 4.17. The van der Waals surface area contributed by atoms with E-state index in [9.17, 15) is 13.2 Å². The van der Waals surface area contributed by atoms with E-state index in [1.165, 1.54) is 7.11 Å². The number of hydrogen-bond donors (Lipinski definition) is 0. The monoisotopic (exact) mass is 216 g/mol. The Morgan fingerprint density at radius 2 is 2.20 bits per heavy atom. The fourth-order valence-corrected chi connectivity index (χ4v) is 1.07. The maximum absolute atomic E-state index is 12.5. The van der Waals surface area contributed by atoms with Crippen LogP contribution in [-0.2, 0) is 12.6 Å². The fraction of sp³-hybridized carbons (Fsp3) is 0.333. The Hall–Kier alpha value is -1.77. The largest absolute Gasteiger partial charge is 0.481 e. The predicted molar refractivity (Wildman–Crippen MR) is 45.1 cm³/mol. The Kier molecular flexibility index (Phi) is 3.14. The average molecular weight is 216 g/mol. The zero-order valence-corrected chi connectivity index (χ0v) is 7.80. The van der Waals surface area contributed by atoms with Crippen LogP contribution >= 0.6 is 0 Å². The van der Waals surface area contributed by atoms with Crippen LogP contribution in [0.1, 0.15) is 11.1 Å². The van der Waals surface area contributed by atoms with E-state index in [0.29, 0.717) is 0 Å². The Morgan fingerprint density at radius 3 is 2.67 bits per heavy atom. The number of nitriles is 1. The second-order valence-corrected chi connectivity index (χ2v) is 2.72. The highest BCUT2D eigenvalue weighted by molar-refractivity contribution is 5.33. The first kappa shape index (κ1) is 11.3. The van der Waals surface area contributed by atoms with E-state index in [4.69, 9.17) is 5.26 Å². The maximum atomic E-state index is 12.5. The van der Waals surface area contributed by atoms with E-state index >= 15 is 0 Å². The molecule has 0 saturated carbocycles. The van der Waals surface area contributed by atoms with Crippen LogP contribution in [0.2, 0.25) is 0 Å². The molecule has 0 saturated heterocycles. The number of alkyl halides is 3. The molecule has 15 heavy (non-hydrogen) atoms. The van der Waals surface area contributed by atoms with Crippen LogP contribution in [0.4, 0.5) is 13.2 Å². The van der Waals surface area contributed by atoms with E-state index in [0.717, 1.165) is 12.3 Å². The third kappa shape index (κ3) is 2.59. The molecule has 0 fully saturated rings. The van der Waals surface area contributed by atoms with Gasteiger partial charge < -0.3 is 4.74 Å². The first-order valence-corrected chi connectivity index (χ1v) is 3.96. The van der Waals surface area contributed by atoms with Gasteiger partial charge in [-0.15, -0.1) is 0 Å². The van der Waals surface area contributed by atoms with Crippen molar-refractivity contribution in [2.45, 2.75) is 12.6 Å². The van der Waals surface area contributed by atoms with Crippen LogP contribution in [0.25, 0.3) is 0 Å². The number of rotatable bonds is 2. The Balaban J connectivity index is 3.24. The molecule has 0 N–H and O–H groups in total. The highest BCUT2D eigenvalue weighted by Gasteiger charge is 2.34. The number of nitrogens with zero attached hydrogens (tertiary/aromatic N) is 2. The Bertz CT molecular complexity index is 395. The molecule has 80 valence electrons. The van der Waals surface area contributed by atoms with E-state index in [1.807, 2.05) is 0 Å². The summed E-state index contributed by atoms with van der Waals surface area (Å²) in [7, 11) is 1.23. The molecule has 1 aromatic heterocycles. The summed E-state index contributed by atoms with van der Waals surface area (Å²) in [6.07, 6.45) is -3.82. The molecule has 0 aliphatic rings. The molecule has 0 spiro atoms. The first-order chi connectivity index (χ1) is 6.99. The van der Waals surface area contributed by atoms with Crippen LogP contribution in [0.5, 0.6) is 5.88 Å². The third-order valence-electron chi connectivity index (χ3n) is 1.75. The van der Waals surface area contributed by atoms with Crippen molar-refractivity contribution in [3.05, 3.63) is 23.4 Å². The highest BCUT2D eigenvalue weighted by atomic mass is 19.4. The van der Waals surface area contributed by atoms with Gasteiger partial charge in [0.25, 0.3) is 0 Å². The standard InChI is InChI=1S/C9H7F3N2O/c1-15-8-4-7(9(10,11)12)6(2-3-13)5-14-8/h4-5H,2H2,1H3. The molecule has 1 heterocycles. The van der Waals surface area contributed by atoms with Gasteiger partial charge in [-0.3, -0.25) is 0 Å². The van der Waals surface area contributed by atoms with Crippen molar-refractivity contribution in [1.29, 1.82) is 5.26 Å².